The lowest BCUT2D eigenvalue weighted by atomic mass is 9.83. The molecule has 7 nitrogen and oxygen atoms in total. The second kappa shape index (κ2) is 12.3. The predicted molar refractivity (Wildman–Crippen MR) is 147 cm³/mol. The predicted octanol–water partition coefficient (Wildman–Crippen LogP) is 4.19. The van der Waals surface area contributed by atoms with Crippen molar-refractivity contribution in [2.75, 3.05) is 13.1 Å². The Labute approximate surface area is 229 Å². The molecule has 208 valence electrons. The minimum atomic E-state index is -1.09. The van der Waals surface area contributed by atoms with E-state index in [1.165, 1.54) is 23.1 Å². The number of rotatable bonds is 6. The molecule has 2 aromatic carbocycles. The average Bonchev–Trinajstić information content (AvgIpc) is 3.48. The number of nitrogens with one attached hydrogen (secondary N) is 1. The first-order chi connectivity index (χ1) is 18.9. The number of benzene rings is 2. The van der Waals surface area contributed by atoms with Gasteiger partial charge in [0.05, 0.1) is 5.92 Å². The van der Waals surface area contributed by atoms with Crippen LogP contribution in [0.25, 0.3) is 0 Å². The summed E-state index contributed by atoms with van der Waals surface area (Å²) < 4.78 is 14.0. The molecular formula is C31H39FN4O3. The van der Waals surface area contributed by atoms with Gasteiger partial charge in [0.1, 0.15) is 5.82 Å². The monoisotopic (exact) mass is 534 g/mol. The van der Waals surface area contributed by atoms with Crippen LogP contribution in [0.4, 0.5) is 4.39 Å². The molecule has 3 N–H and O–H groups in total. The molecule has 2 saturated carbocycles. The van der Waals surface area contributed by atoms with Crippen molar-refractivity contribution >= 4 is 17.7 Å². The zero-order chi connectivity index (χ0) is 27.4. The minimum absolute atomic E-state index is 0.0537. The van der Waals surface area contributed by atoms with E-state index in [2.05, 4.69) is 5.32 Å². The molecule has 2 aromatic rings. The lowest BCUT2D eigenvalue weighted by Crippen LogP contribution is -2.65. The zero-order valence-electron chi connectivity index (χ0n) is 22.4. The van der Waals surface area contributed by atoms with Crippen molar-refractivity contribution in [1.29, 1.82) is 0 Å². The largest absolute Gasteiger partial charge is 0.350 e. The van der Waals surface area contributed by atoms with Crippen LogP contribution in [0.15, 0.2) is 54.6 Å². The van der Waals surface area contributed by atoms with Gasteiger partial charge in [-0.15, -0.1) is 0 Å². The van der Waals surface area contributed by atoms with E-state index in [0.717, 1.165) is 56.9 Å². The van der Waals surface area contributed by atoms with E-state index in [0.29, 0.717) is 19.5 Å². The van der Waals surface area contributed by atoms with E-state index in [4.69, 9.17) is 5.73 Å². The Morgan fingerprint density at radius 2 is 1.54 bits per heavy atom. The van der Waals surface area contributed by atoms with Crippen molar-refractivity contribution in [2.45, 2.75) is 82.0 Å². The molecule has 1 saturated heterocycles. The second-order valence-electron chi connectivity index (χ2n) is 11.3. The zero-order valence-corrected chi connectivity index (χ0v) is 22.4. The van der Waals surface area contributed by atoms with Crippen LogP contribution >= 0.6 is 0 Å². The van der Waals surface area contributed by atoms with Crippen LogP contribution in [-0.2, 0) is 9.59 Å². The highest BCUT2D eigenvalue weighted by Crippen LogP contribution is 2.39. The molecule has 0 radical (unpaired) electrons. The van der Waals surface area contributed by atoms with Gasteiger partial charge in [-0.05, 0) is 74.6 Å². The highest BCUT2D eigenvalue weighted by molar-refractivity contribution is 5.99. The van der Waals surface area contributed by atoms with Crippen LogP contribution < -0.4 is 11.1 Å². The van der Waals surface area contributed by atoms with Gasteiger partial charge < -0.3 is 20.9 Å². The van der Waals surface area contributed by atoms with Crippen LogP contribution in [-0.4, -0.2) is 58.9 Å². The number of hydrogen-bond donors (Lipinski definition) is 2. The van der Waals surface area contributed by atoms with E-state index in [1.54, 1.807) is 11.0 Å². The summed E-state index contributed by atoms with van der Waals surface area (Å²) in [6, 6.07) is 15.4. The maximum atomic E-state index is 14.4. The Morgan fingerprint density at radius 1 is 0.846 bits per heavy atom. The van der Waals surface area contributed by atoms with Crippen LogP contribution in [0.5, 0.6) is 0 Å². The number of hydrogen-bond acceptors (Lipinski definition) is 4. The lowest BCUT2D eigenvalue weighted by molar-refractivity contribution is -0.151. The topological polar surface area (TPSA) is 95.7 Å². The average molecular weight is 535 g/mol. The smallest absolute Gasteiger partial charge is 0.264 e. The molecule has 1 heterocycles. The van der Waals surface area contributed by atoms with E-state index in [1.807, 2.05) is 30.3 Å². The molecule has 3 amide bonds. The summed E-state index contributed by atoms with van der Waals surface area (Å²) in [5, 5.41) is 3.13. The van der Waals surface area contributed by atoms with E-state index in [-0.39, 0.29) is 41.3 Å². The summed E-state index contributed by atoms with van der Waals surface area (Å²) in [4.78, 5) is 45.1. The Bertz CT molecular complexity index is 1160. The Hall–Kier alpha value is -3.26. The molecule has 3 fully saturated rings. The summed E-state index contributed by atoms with van der Waals surface area (Å²) in [7, 11) is 0. The lowest BCUT2D eigenvalue weighted by Gasteiger charge is -2.45. The third kappa shape index (κ3) is 6.16. The number of halogens is 1. The summed E-state index contributed by atoms with van der Waals surface area (Å²) in [5.74, 6) is -1.62. The van der Waals surface area contributed by atoms with Crippen LogP contribution in [0.3, 0.4) is 0 Å². The van der Waals surface area contributed by atoms with Gasteiger partial charge >= 0.3 is 0 Å². The summed E-state index contributed by atoms with van der Waals surface area (Å²) in [6.45, 7) is 0.696. The third-order valence-corrected chi connectivity index (χ3v) is 8.65. The fraction of sp³-hybridized carbons (Fsp3) is 0.516. The van der Waals surface area contributed by atoms with E-state index in [9.17, 15) is 18.8 Å². The Balaban J connectivity index is 1.47. The molecule has 0 spiro atoms. The number of carbonyl (C=O) groups is 3. The molecule has 3 aliphatic rings. The number of nitrogens with zero attached hydrogens (tertiary/aromatic N) is 2. The Morgan fingerprint density at radius 3 is 2.23 bits per heavy atom. The first kappa shape index (κ1) is 27.3. The summed E-state index contributed by atoms with van der Waals surface area (Å²) >= 11 is 0. The highest BCUT2D eigenvalue weighted by atomic mass is 19.1. The SMILES string of the molecule is NC1CCC(NC(=O)C2N(C(=O)c3cccc(F)c3)CCCN2C(=O)C(c2ccccc2)C2CCCC2)CC1. The highest BCUT2D eigenvalue weighted by Gasteiger charge is 2.45. The minimum Gasteiger partial charge on any atom is -0.350 e. The molecule has 39 heavy (non-hydrogen) atoms. The maximum absolute atomic E-state index is 14.4. The summed E-state index contributed by atoms with van der Waals surface area (Å²) in [5.41, 5.74) is 7.19. The van der Waals surface area contributed by atoms with Crippen molar-refractivity contribution in [2.24, 2.45) is 11.7 Å². The third-order valence-electron chi connectivity index (χ3n) is 8.65. The van der Waals surface area contributed by atoms with Crippen molar-refractivity contribution in [3.8, 4) is 0 Å². The number of nitrogens with two attached hydrogens (primary N) is 1. The fourth-order valence-electron chi connectivity index (χ4n) is 6.62. The molecule has 5 rings (SSSR count). The van der Waals surface area contributed by atoms with Gasteiger partial charge in [0.2, 0.25) is 5.91 Å². The molecule has 0 aromatic heterocycles. The number of carbonyl (C=O) groups excluding carboxylic acids is 3. The molecule has 1 aliphatic heterocycles. The van der Waals surface area contributed by atoms with Crippen molar-refractivity contribution in [1.82, 2.24) is 15.1 Å². The van der Waals surface area contributed by atoms with Gasteiger partial charge in [0.25, 0.3) is 11.8 Å². The molecule has 8 heteroatoms. The quantitative estimate of drug-likeness (QED) is 0.581. The number of amides is 3. The van der Waals surface area contributed by atoms with Gasteiger partial charge in [-0.25, -0.2) is 4.39 Å². The van der Waals surface area contributed by atoms with Gasteiger partial charge in [0, 0.05) is 30.7 Å². The van der Waals surface area contributed by atoms with Crippen LogP contribution in [0.1, 0.15) is 79.6 Å². The second-order valence-corrected chi connectivity index (χ2v) is 11.3. The first-order valence-electron chi connectivity index (χ1n) is 14.4. The first-order valence-corrected chi connectivity index (χ1v) is 14.4. The summed E-state index contributed by atoms with van der Waals surface area (Å²) in [6.07, 6.45) is 6.71. The maximum Gasteiger partial charge on any atom is 0.264 e. The van der Waals surface area contributed by atoms with Gasteiger partial charge in [-0.1, -0.05) is 49.2 Å². The molecular weight excluding hydrogens is 495 g/mol. The molecule has 0 bridgehead atoms. The molecule has 2 atom stereocenters. The van der Waals surface area contributed by atoms with Crippen LogP contribution in [0, 0.1) is 11.7 Å². The van der Waals surface area contributed by atoms with Crippen molar-refractivity contribution in [3.63, 3.8) is 0 Å². The van der Waals surface area contributed by atoms with Gasteiger partial charge in [-0.2, -0.15) is 0 Å². The molecule has 2 aliphatic carbocycles. The van der Waals surface area contributed by atoms with Gasteiger partial charge in [-0.3, -0.25) is 14.4 Å². The van der Waals surface area contributed by atoms with Gasteiger partial charge in [0.15, 0.2) is 6.17 Å². The van der Waals surface area contributed by atoms with Crippen molar-refractivity contribution in [3.05, 3.63) is 71.5 Å². The van der Waals surface area contributed by atoms with E-state index >= 15 is 0 Å². The normalized spacial score (nSPS) is 24.8. The van der Waals surface area contributed by atoms with Crippen molar-refractivity contribution < 1.29 is 18.8 Å². The van der Waals surface area contributed by atoms with Crippen LogP contribution in [0.2, 0.25) is 0 Å². The standard InChI is InChI=1S/C31H39FN4O3/c32-24-13-6-12-23(20-24)30(38)35-18-7-19-36(29(35)28(37)34-26-16-14-25(33)15-17-26)31(39)27(22-10-4-5-11-22)21-8-2-1-3-9-21/h1-3,6,8-9,12-13,20,22,25-27,29H,4-5,7,10-11,14-19,33H2,(H,34,37). The molecule has 2 unspecified atom stereocenters. The Kier molecular flexibility index (Phi) is 8.60. The fourth-order valence-corrected chi connectivity index (χ4v) is 6.62. The van der Waals surface area contributed by atoms with E-state index < -0.39 is 17.9 Å².